The van der Waals surface area contributed by atoms with Gasteiger partial charge in [0.1, 0.15) is 0 Å². The van der Waals surface area contributed by atoms with E-state index in [-0.39, 0.29) is 35.5 Å². The lowest BCUT2D eigenvalue weighted by Crippen LogP contribution is -2.48. The number of piperidine rings is 1. The second-order valence-corrected chi connectivity index (χ2v) is 7.90. The molecule has 3 aliphatic heterocycles. The highest BCUT2D eigenvalue weighted by Gasteiger charge is 2.43. The van der Waals surface area contributed by atoms with E-state index < -0.39 is 0 Å². The minimum absolute atomic E-state index is 0.0318. The van der Waals surface area contributed by atoms with E-state index in [2.05, 4.69) is 20.1 Å². The average Bonchev–Trinajstić information content (AvgIpc) is 3.34. The third-order valence-electron chi connectivity index (χ3n) is 5.10. The summed E-state index contributed by atoms with van der Waals surface area (Å²) < 4.78 is 0. The highest BCUT2D eigenvalue weighted by atomic mass is 32.2. The molecule has 2 amide bonds. The molecule has 0 aromatic carbocycles. The van der Waals surface area contributed by atoms with Crippen molar-refractivity contribution in [1.82, 2.24) is 25.0 Å². The largest absolute Gasteiger partial charge is 0.368 e. The number of nitrogens with zero attached hydrogens (tertiary/aromatic N) is 4. The van der Waals surface area contributed by atoms with Gasteiger partial charge in [0.05, 0.1) is 11.7 Å². The SMILES string of the molecule is Nc1nc(SCC(=O)N2C[C@H]3CC[C@@H](C2)N(CC2CC2)C3=O)n[nH]1. The first-order chi connectivity index (χ1) is 11.6. The minimum Gasteiger partial charge on any atom is -0.368 e. The zero-order chi connectivity index (χ0) is 16.7. The Labute approximate surface area is 144 Å². The van der Waals surface area contributed by atoms with E-state index in [1.54, 1.807) is 0 Å². The molecule has 0 spiro atoms. The van der Waals surface area contributed by atoms with Crippen LogP contribution in [0.15, 0.2) is 5.16 Å². The second kappa shape index (κ2) is 6.27. The van der Waals surface area contributed by atoms with Crippen LogP contribution in [0.5, 0.6) is 0 Å². The number of hydrogen-bond acceptors (Lipinski definition) is 6. The number of aromatic nitrogens is 3. The van der Waals surface area contributed by atoms with Crippen LogP contribution in [0.2, 0.25) is 0 Å². The maximum atomic E-state index is 12.7. The maximum absolute atomic E-state index is 12.7. The van der Waals surface area contributed by atoms with Gasteiger partial charge in [-0.2, -0.15) is 4.98 Å². The van der Waals surface area contributed by atoms with Gasteiger partial charge >= 0.3 is 0 Å². The Morgan fingerprint density at radius 1 is 1.29 bits per heavy atom. The molecule has 0 radical (unpaired) electrons. The summed E-state index contributed by atoms with van der Waals surface area (Å²) in [5.41, 5.74) is 5.49. The highest BCUT2D eigenvalue weighted by Crippen LogP contribution is 2.35. The zero-order valence-corrected chi connectivity index (χ0v) is 14.3. The molecule has 1 aliphatic carbocycles. The van der Waals surface area contributed by atoms with Crippen molar-refractivity contribution in [3.8, 4) is 0 Å². The number of carbonyl (C=O) groups excluding carboxylic acids is 2. The molecule has 130 valence electrons. The molecule has 5 rings (SSSR count). The number of H-pyrrole nitrogens is 1. The second-order valence-electron chi connectivity index (χ2n) is 6.95. The van der Waals surface area contributed by atoms with Crippen molar-refractivity contribution in [3.05, 3.63) is 0 Å². The number of rotatable bonds is 5. The van der Waals surface area contributed by atoms with Crippen LogP contribution < -0.4 is 5.73 Å². The lowest BCUT2D eigenvalue weighted by Gasteiger charge is -2.36. The van der Waals surface area contributed by atoms with E-state index >= 15 is 0 Å². The molecular formula is C15H22N6O2S. The van der Waals surface area contributed by atoms with Crippen LogP contribution in [-0.2, 0) is 9.59 Å². The van der Waals surface area contributed by atoms with Gasteiger partial charge in [-0.1, -0.05) is 11.8 Å². The molecule has 3 saturated heterocycles. The predicted molar refractivity (Wildman–Crippen MR) is 89.0 cm³/mol. The van der Waals surface area contributed by atoms with Gasteiger partial charge in [0, 0.05) is 25.7 Å². The third-order valence-corrected chi connectivity index (χ3v) is 5.94. The fraction of sp³-hybridized carbons (Fsp3) is 0.733. The number of anilines is 1. The number of nitrogen functional groups attached to an aromatic ring is 1. The van der Waals surface area contributed by atoms with Gasteiger partial charge in [-0.25, -0.2) is 5.10 Å². The molecular weight excluding hydrogens is 328 g/mol. The number of hydrogen-bond donors (Lipinski definition) is 2. The Kier molecular flexibility index (Phi) is 4.11. The molecule has 1 aromatic heterocycles. The van der Waals surface area contributed by atoms with Crippen molar-refractivity contribution in [1.29, 1.82) is 0 Å². The molecule has 1 aromatic rings. The molecule has 4 fully saturated rings. The van der Waals surface area contributed by atoms with Crippen LogP contribution >= 0.6 is 11.8 Å². The van der Waals surface area contributed by atoms with Gasteiger partial charge in [0.25, 0.3) is 0 Å². The van der Waals surface area contributed by atoms with Crippen molar-refractivity contribution in [3.63, 3.8) is 0 Å². The monoisotopic (exact) mass is 350 g/mol. The minimum atomic E-state index is -0.0318. The number of aromatic amines is 1. The number of nitrogens with two attached hydrogens (primary N) is 1. The molecule has 2 atom stereocenters. The number of fused-ring (bicyclic) bond motifs is 4. The van der Waals surface area contributed by atoms with Crippen molar-refractivity contribution >= 4 is 29.5 Å². The molecule has 4 aliphatic rings. The summed E-state index contributed by atoms with van der Waals surface area (Å²) in [6, 6.07) is 0.185. The van der Waals surface area contributed by atoms with E-state index in [1.807, 2.05) is 4.90 Å². The molecule has 24 heavy (non-hydrogen) atoms. The van der Waals surface area contributed by atoms with Gasteiger partial charge in [-0.05, 0) is 31.6 Å². The summed E-state index contributed by atoms with van der Waals surface area (Å²) in [6.07, 6.45) is 4.39. The maximum Gasteiger partial charge on any atom is 0.233 e. The van der Waals surface area contributed by atoms with Gasteiger partial charge in [-0.3, -0.25) is 9.59 Å². The number of nitrogens with one attached hydrogen (secondary N) is 1. The Morgan fingerprint density at radius 3 is 2.83 bits per heavy atom. The highest BCUT2D eigenvalue weighted by molar-refractivity contribution is 7.99. The lowest BCUT2D eigenvalue weighted by molar-refractivity contribution is -0.140. The van der Waals surface area contributed by atoms with Crippen molar-refractivity contribution in [2.24, 2.45) is 11.8 Å². The van der Waals surface area contributed by atoms with Gasteiger partial charge in [-0.15, -0.1) is 5.10 Å². The fourth-order valence-corrected chi connectivity index (χ4v) is 4.31. The van der Waals surface area contributed by atoms with Crippen molar-refractivity contribution in [2.75, 3.05) is 31.1 Å². The van der Waals surface area contributed by atoms with E-state index in [1.165, 1.54) is 24.6 Å². The van der Waals surface area contributed by atoms with Crippen LogP contribution in [0.25, 0.3) is 0 Å². The van der Waals surface area contributed by atoms with Crippen LogP contribution in [0.3, 0.4) is 0 Å². The molecule has 1 saturated carbocycles. The zero-order valence-electron chi connectivity index (χ0n) is 13.5. The fourth-order valence-electron chi connectivity index (χ4n) is 3.60. The Balaban J connectivity index is 1.39. The Morgan fingerprint density at radius 2 is 2.12 bits per heavy atom. The first kappa shape index (κ1) is 15.7. The molecule has 3 N–H and O–H groups in total. The molecule has 4 heterocycles. The normalized spacial score (nSPS) is 26.8. The van der Waals surface area contributed by atoms with E-state index in [4.69, 9.17) is 5.73 Å². The molecule has 2 bridgehead atoms. The summed E-state index contributed by atoms with van der Waals surface area (Å²) in [5.74, 6) is 1.47. The van der Waals surface area contributed by atoms with Crippen LogP contribution in [0.4, 0.5) is 5.95 Å². The summed E-state index contributed by atoms with van der Waals surface area (Å²) >= 11 is 1.27. The summed E-state index contributed by atoms with van der Waals surface area (Å²) in [7, 11) is 0. The summed E-state index contributed by atoms with van der Waals surface area (Å²) in [4.78, 5) is 33.1. The van der Waals surface area contributed by atoms with Gasteiger partial charge in [0.2, 0.25) is 22.9 Å². The van der Waals surface area contributed by atoms with E-state index in [0.717, 1.165) is 19.4 Å². The van der Waals surface area contributed by atoms with Gasteiger partial charge < -0.3 is 15.5 Å². The van der Waals surface area contributed by atoms with Crippen molar-refractivity contribution in [2.45, 2.75) is 36.9 Å². The Bertz CT molecular complexity index is 646. The van der Waals surface area contributed by atoms with Crippen LogP contribution in [0.1, 0.15) is 25.7 Å². The van der Waals surface area contributed by atoms with Crippen LogP contribution in [0, 0.1) is 11.8 Å². The number of carbonyl (C=O) groups is 2. The summed E-state index contributed by atoms with van der Waals surface area (Å²) in [5, 5.41) is 6.96. The van der Waals surface area contributed by atoms with Crippen LogP contribution in [-0.4, -0.2) is 68.2 Å². The molecule has 9 heteroatoms. The van der Waals surface area contributed by atoms with Crippen molar-refractivity contribution < 1.29 is 9.59 Å². The quantitative estimate of drug-likeness (QED) is 0.741. The first-order valence-corrected chi connectivity index (χ1v) is 9.47. The third kappa shape index (κ3) is 3.22. The smallest absolute Gasteiger partial charge is 0.233 e. The van der Waals surface area contributed by atoms with Gasteiger partial charge in [0.15, 0.2) is 0 Å². The summed E-state index contributed by atoms with van der Waals surface area (Å²) in [6.45, 7) is 2.09. The lowest BCUT2D eigenvalue weighted by atomic mass is 9.94. The standard InChI is InChI=1S/C15H22N6O2S/c16-14-17-15(19-18-14)24-8-12(22)20-6-10-3-4-11(7-20)21(13(10)23)5-9-1-2-9/h9-11H,1-8H2,(H3,16,17,18,19)/t10-,11+/m1/s1. The topological polar surface area (TPSA) is 108 Å². The molecule has 8 nitrogen and oxygen atoms in total. The Hall–Kier alpha value is -1.77. The molecule has 0 unspecified atom stereocenters. The van der Waals surface area contributed by atoms with E-state index in [0.29, 0.717) is 24.2 Å². The van der Waals surface area contributed by atoms with E-state index in [9.17, 15) is 9.59 Å². The average molecular weight is 350 g/mol. The number of thioether (sulfide) groups is 1. The predicted octanol–water partition coefficient (Wildman–Crippen LogP) is 0.338. The number of amides is 2. The first-order valence-electron chi connectivity index (χ1n) is 8.49.